The van der Waals surface area contributed by atoms with Crippen molar-refractivity contribution in [2.24, 2.45) is 13.0 Å². The number of aryl methyl sites for hydroxylation is 1. The van der Waals surface area contributed by atoms with Crippen molar-refractivity contribution >= 4 is 5.91 Å². The lowest BCUT2D eigenvalue weighted by Crippen LogP contribution is -2.36. The molecule has 0 saturated heterocycles. The number of benzene rings is 2. The number of hydrogen-bond acceptors (Lipinski definition) is 4. The number of carbonyl (C=O) groups excluding carboxylic acids is 1. The molecular formula is C30H39FN4O3. The second-order valence-corrected chi connectivity index (χ2v) is 10.3. The number of ether oxygens (including phenoxy) is 1. The Labute approximate surface area is 224 Å². The summed E-state index contributed by atoms with van der Waals surface area (Å²) in [6.07, 6.45) is 7.42. The lowest BCUT2D eigenvalue weighted by Gasteiger charge is -2.29. The molecular weight excluding hydrogens is 483 g/mol. The zero-order chi connectivity index (χ0) is 27.2. The van der Waals surface area contributed by atoms with E-state index in [0.29, 0.717) is 24.6 Å². The number of nitrogens with zero attached hydrogens (tertiary/aromatic N) is 3. The lowest BCUT2D eigenvalue weighted by molar-refractivity contribution is 0.0915. The molecule has 1 heterocycles. The highest BCUT2D eigenvalue weighted by Gasteiger charge is 2.27. The van der Waals surface area contributed by atoms with Gasteiger partial charge in [-0.2, -0.15) is 4.68 Å². The summed E-state index contributed by atoms with van der Waals surface area (Å²) >= 11 is 0. The van der Waals surface area contributed by atoms with Gasteiger partial charge in [0.2, 0.25) is 0 Å². The molecule has 0 bridgehead atoms. The number of rotatable bonds is 10. The standard InChI is InChI=1S/C30H39FN4O3/c1-5-23(17-21-13-9-7-10-14-21)32-29(36)24-18-25(31)26(35-30(37)34(4)28(6-2)33-35)19-27(24)38-20(3)22-15-11-8-12-16-22/h7,9-10,13-14,18-20,22-23H,5-6,8,11-12,15-17H2,1-4H3,(H,32,36)/t20-,23?/m0/s1. The fourth-order valence-corrected chi connectivity index (χ4v) is 5.28. The van der Waals surface area contributed by atoms with Gasteiger partial charge in [-0.25, -0.2) is 9.18 Å². The van der Waals surface area contributed by atoms with Crippen LogP contribution in [-0.4, -0.2) is 32.4 Å². The molecule has 1 amide bonds. The molecule has 4 rings (SSSR count). The van der Waals surface area contributed by atoms with Crippen LogP contribution >= 0.6 is 0 Å². The molecule has 1 aliphatic carbocycles. The van der Waals surface area contributed by atoms with Gasteiger partial charge in [-0.05, 0) is 50.2 Å². The first-order valence-corrected chi connectivity index (χ1v) is 13.8. The quantitative estimate of drug-likeness (QED) is 0.388. The summed E-state index contributed by atoms with van der Waals surface area (Å²) in [5, 5.41) is 7.39. The highest BCUT2D eigenvalue weighted by atomic mass is 19.1. The minimum atomic E-state index is -0.702. The van der Waals surface area contributed by atoms with E-state index >= 15 is 4.39 Å². The third-order valence-electron chi connectivity index (χ3n) is 7.69. The van der Waals surface area contributed by atoms with Crippen LogP contribution in [0.1, 0.15) is 81.0 Å². The number of hydrogen-bond donors (Lipinski definition) is 1. The van der Waals surface area contributed by atoms with Gasteiger partial charge in [-0.15, -0.1) is 5.10 Å². The van der Waals surface area contributed by atoms with Gasteiger partial charge in [0, 0.05) is 25.6 Å². The third-order valence-corrected chi connectivity index (χ3v) is 7.69. The normalized spacial score (nSPS) is 15.7. The first-order valence-electron chi connectivity index (χ1n) is 13.8. The smallest absolute Gasteiger partial charge is 0.350 e. The lowest BCUT2D eigenvalue weighted by atomic mass is 9.86. The van der Waals surface area contributed by atoms with Crippen LogP contribution in [0.15, 0.2) is 47.3 Å². The van der Waals surface area contributed by atoms with Gasteiger partial charge in [-0.3, -0.25) is 9.36 Å². The molecule has 1 saturated carbocycles. The van der Waals surface area contributed by atoms with E-state index in [1.54, 1.807) is 7.05 Å². The second-order valence-electron chi connectivity index (χ2n) is 10.3. The van der Waals surface area contributed by atoms with Crippen LogP contribution < -0.4 is 15.7 Å². The Morgan fingerprint density at radius 1 is 1.16 bits per heavy atom. The van der Waals surface area contributed by atoms with Crippen LogP contribution in [0.25, 0.3) is 5.69 Å². The molecule has 8 heteroatoms. The minimum Gasteiger partial charge on any atom is -0.490 e. The Bertz CT molecular complexity index is 1290. The fourth-order valence-electron chi connectivity index (χ4n) is 5.28. The first-order chi connectivity index (χ1) is 18.3. The largest absolute Gasteiger partial charge is 0.490 e. The Hall–Kier alpha value is -3.42. The Kier molecular flexibility index (Phi) is 9.02. The van der Waals surface area contributed by atoms with Crippen molar-refractivity contribution in [2.75, 3.05) is 0 Å². The Morgan fingerprint density at radius 2 is 1.87 bits per heavy atom. The highest BCUT2D eigenvalue weighted by molar-refractivity contribution is 5.97. The van der Waals surface area contributed by atoms with Gasteiger partial charge in [0.15, 0.2) is 0 Å². The summed E-state index contributed by atoms with van der Waals surface area (Å²) in [6.45, 7) is 5.90. The number of halogens is 1. The van der Waals surface area contributed by atoms with E-state index in [0.717, 1.165) is 42.3 Å². The number of carbonyl (C=O) groups is 1. The molecule has 1 aliphatic rings. The second kappa shape index (κ2) is 12.4. The van der Waals surface area contributed by atoms with Gasteiger partial charge < -0.3 is 10.1 Å². The molecule has 2 atom stereocenters. The summed E-state index contributed by atoms with van der Waals surface area (Å²) in [4.78, 5) is 26.3. The molecule has 0 spiro atoms. The van der Waals surface area contributed by atoms with Gasteiger partial charge >= 0.3 is 5.69 Å². The maximum absolute atomic E-state index is 15.5. The van der Waals surface area contributed by atoms with E-state index in [9.17, 15) is 9.59 Å². The Balaban J connectivity index is 1.68. The van der Waals surface area contributed by atoms with E-state index in [-0.39, 0.29) is 29.1 Å². The highest BCUT2D eigenvalue weighted by Crippen LogP contribution is 2.32. The summed E-state index contributed by atoms with van der Waals surface area (Å²) < 4.78 is 24.4. The molecule has 3 aromatic rings. The van der Waals surface area contributed by atoms with Crippen molar-refractivity contribution in [3.63, 3.8) is 0 Å². The SMILES string of the molecule is CCc1nn(-c2cc(O[C@@H](C)C3CCCCC3)c(C(=O)NC(CC)Cc3ccccc3)cc2F)c(=O)n1C. The van der Waals surface area contributed by atoms with Gasteiger partial charge in [0.25, 0.3) is 5.91 Å². The van der Waals surface area contributed by atoms with Gasteiger partial charge in [0.05, 0.1) is 11.7 Å². The van der Waals surface area contributed by atoms with Crippen LogP contribution in [0.3, 0.4) is 0 Å². The van der Waals surface area contributed by atoms with E-state index < -0.39 is 17.4 Å². The maximum Gasteiger partial charge on any atom is 0.350 e. The van der Waals surface area contributed by atoms with E-state index in [1.807, 2.05) is 51.1 Å². The van der Waals surface area contributed by atoms with Crippen molar-refractivity contribution in [3.05, 3.63) is 75.7 Å². The number of amides is 1. The molecule has 1 N–H and O–H groups in total. The average molecular weight is 523 g/mol. The van der Waals surface area contributed by atoms with E-state index in [1.165, 1.54) is 23.1 Å². The molecule has 1 fully saturated rings. The molecule has 7 nitrogen and oxygen atoms in total. The molecule has 38 heavy (non-hydrogen) atoms. The summed E-state index contributed by atoms with van der Waals surface area (Å²) in [5.41, 5.74) is 0.770. The van der Waals surface area contributed by atoms with Crippen LogP contribution in [0, 0.1) is 11.7 Å². The van der Waals surface area contributed by atoms with E-state index in [2.05, 4.69) is 10.4 Å². The topological polar surface area (TPSA) is 78.2 Å². The summed E-state index contributed by atoms with van der Waals surface area (Å²) in [5.74, 6) is 0.0699. The summed E-state index contributed by atoms with van der Waals surface area (Å²) in [6, 6.07) is 12.5. The van der Waals surface area contributed by atoms with Crippen molar-refractivity contribution in [1.82, 2.24) is 19.7 Å². The van der Waals surface area contributed by atoms with Crippen molar-refractivity contribution in [3.8, 4) is 11.4 Å². The number of nitrogens with one attached hydrogen (secondary N) is 1. The zero-order valence-corrected chi connectivity index (χ0v) is 22.9. The van der Waals surface area contributed by atoms with E-state index in [4.69, 9.17) is 4.74 Å². The van der Waals surface area contributed by atoms with Crippen molar-refractivity contribution in [2.45, 2.75) is 84.3 Å². The first kappa shape index (κ1) is 27.6. The predicted octanol–water partition coefficient (Wildman–Crippen LogP) is 5.37. The molecule has 0 aliphatic heterocycles. The molecule has 2 aromatic carbocycles. The van der Waals surface area contributed by atoms with Crippen LogP contribution in [0.2, 0.25) is 0 Å². The van der Waals surface area contributed by atoms with Gasteiger partial charge in [-0.1, -0.05) is 63.4 Å². The average Bonchev–Trinajstić information content (AvgIpc) is 3.22. The summed E-state index contributed by atoms with van der Waals surface area (Å²) in [7, 11) is 1.62. The van der Waals surface area contributed by atoms with Crippen molar-refractivity contribution < 1.29 is 13.9 Å². The predicted molar refractivity (Wildman–Crippen MR) is 146 cm³/mol. The van der Waals surface area contributed by atoms with Gasteiger partial charge in [0.1, 0.15) is 23.1 Å². The van der Waals surface area contributed by atoms with Crippen LogP contribution in [0.5, 0.6) is 5.75 Å². The minimum absolute atomic E-state index is 0.0241. The maximum atomic E-state index is 15.5. The third kappa shape index (κ3) is 6.17. The molecule has 0 radical (unpaired) electrons. The van der Waals surface area contributed by atoms with Crippen LogP contribution in [-0.2, 0) is 19.9 Å². The monoisotopic (exact) mass is 522 g/mol. The molecule has 1 unspecified atom stereocenters. The van der Waals surface area contributed by atoms with Crippen LogP contribution in [0.4, 0.5) is 4.39 Å². The fraction of sp³-hybridized carbons (Fsp3) is 0.500. The Morgan fingerprint density at radius 3 is 2.50 bits per heavy atom. The molecule has 1 aromatic heterocycles. The van der Waals surface area contributed by atoms with Crippen molar-refractivity contribution in [1.29, 1.82) is 0 Å². The zero-order valence-electron chi connectivity index (χ0n) is 22.9. The molecule has 204 valence electrons. The number of aromatic nitrogens is 3.